The topological polar surface area (TPSA) is 61.0 Å². The van der Waals surface area contributed by atoms with Crippen molar-refractivity contribution in [2.24, 2.45) is 0 Å². The maximum Gasteiger partial charge on any atom is 0.255 e. The van der Waals surface area contributed by atoms with E-state index in [0.717, 1.165) is 36.6 Å². The van der Waals surface area contributed by atoms with E-state index in [1.807, 2.05) is 37.3 Å². The summed E-state index contributed by atoms with van der Waals surface area (Å²) in [5, 5.41) is 10.2. The molecule has 5 heteroatoms. The van der Waals surface area contributed by atoms with Gasteiger partial charge in [-0.15, -0.1) is 0 Å². The summed E-state index contributed by atoms with van der Waals surface area (Å²) in [5.41, 5.74) is 3.12. The van der Waals surface area contributed by atoms with E-state index >= 15 is 0 Å². The molecule has 0 radical (unpaired) electrons. The smallest absolute Gasteiger partial charge is 0.255 e. The lowest BCUT2D eigenvalue weighted by Gasteiger charge is -2.14. The van der Waals surface area contributed by atoms with Crippen molar-refractivity contribution < 1.29 is 4.79 Å². The van der Waals surface area contributed by atoms with Gasteiger partial charge in [-0.3, -0.25) is 9.89 Å². The summed E-state index contributed by atoms with van der Waals surface area (Å²) in [6.45, 7) is 5.78. The highest BCUT2D eigenvalue weighted by atomic mass is 16.1. The summed E-state index contributed by atoms with van der Waals surface area (Å²) in [4.78, 5) is 14.9. The fourth-order valence-corrected chi connectivity index (χ4v) is 2.93. The minimum absolute atomic E-state index is 0.0516. The SMILES string of the molecule is Cc1[nH]nc(-c2ccccc2)c1C(=O)NCCN1CCCC1. The van der Waals surface area contributed by atoms with Crippen molar-refractivity contribution in [2.75, 3.05) is 26.2 Å². The zero-order valence-corrected chi connectivity index (χ0v) is 12.9. The second-order valence-corrected chi connectivity index (χ2v) is 5.74. The number of hydrogen-bond donors (Lipinski definition) is 2. The number of amides is 1. The largest absolute Gasteiger partial charge is 0.351 e. The van der Waals surface area contributed by atoms with Gasteiger partial charge in [0.05, 0.1) is 5.56 Å². The third kappa shape index (κ3) is 3.20. The number of benzene rings is 1. The molecule has 5 nitrogen and oxygen atoms in total. The molecule has 1 aromatic carbocycles. The van der Waals surface area contributed by atoms with E-state index in [1.165, 1.54) is 12.8 Å². The maximum atomic E-state index is 12.5. The molecule has 22 heavy (non-hydrogen) atoms. The Balaban J connectivity index is 1.68. The summed E-state index contributed by atoms with van der Waals surface area (Å²) in [6, 6.07) is 9.80. The van der Waals surface area contributed by atoms with Crippen LogP contribution >= 0.6 is 0 Å². The number of carbonyl (C=O) groups is 1. The van der Waals surface area contributed by atoms with Crippen LogP contribution in [0.1, 0.15) is 28.9 Å². The lowest BCUT2D eigenvalue weighted by atomic mass is 10.1. The Labute approximate surface area is 130 Å². The van der Waals surface area contributed by atoms with E-state index in [-0.39, 0.29) is 5.91 Å². The first-order chi connectivity index (χ1) is 10.8. The molecule has 0 atom stereocenters. The third-order valence-corrected chi connectivity index (χ3v) is 4.13. The Morgan fingerprint density at radius 2 is 2.00 bits per heavy atom. The van der Waals surface area contributed by atoms with E-state index in [4.69, 9.17) is 0 Å². The highest BCUT2D eigenvalue weighted by molar-refractivity contribution is 6.01. The van der Waals surface area contributed by atoms with Crippen molar-refractivity contribution in [3.8, 4) is 11.3 Å². The molecule has 0 aliphatic carbocycles. The number of rotatable bonds is 5. The van der Waals surface area contributed by atoms with Crippen molar-refractivity contribution in [2.45, 2.75) is 19.8 Å². The molecule has 1 amide bonds. The van der Waals surface area contributed by atoms with Crippen LogP contribution < -0.4 is 5.32 Å². The molecule has 0 spiro atoms. The molecule has 2 N–H and O–H groups in total. The van der Waals surface area contributed by atoms with Crippen LogP contribution in [-0.2, 0) is 0 Å². The van der Waals surface area contributed by atoms with Gasteiger partial charge in [0.25, 0.3) is 5.91 Å². The predicted molar refractivity (Wildman–Crippen MR) is 86.8 cm³/mol. The van der Waals surface area contributed by atoms with E-state index in [2.05, 4.69) is 20.4 Å². The van der Waals surface area contributed by atoms with E-state index < -0.39 is 0 Å². The van der Waals surface area contributed by atoms with Gasteiger partial charge in [-0.2, -0.15) is 5.10 Å². The first kappa shape index (κ1) is 14.8. The molecule has 3 rings (SSSR count). The first-order valence-corrected chi connectivity index (χ1v) is 7.86. The van der Waals surface area contributed by atoms with Crippen LogP contribution in [-0.4, -0.2) is 47.2 Å². The number of aromatic amines is 1. The van der Waals surface area contributed by atoms with Crippen molar-refractivity contribution in [3.05, 3.63) is 41.6 Å². The van der Waals surface area contributed by atoms with Gasteiger partial charge in [0, 0.05) is 24.3 Å². The van der Waals surface area contributed by atoms with Gasteiger partial charge < -0.3 is 10.2 Å². The van der Waals surface area contributed by atoms with Gasteiger partial charge in [0.1, 0.15) is 5.69 Å². The molecule has 116 valence electrons. The van der Waals surface area contributed by atoms with Crippen LogP contribution in [0.5, 0.6) is 0 Å². The van der Waals surface area contributed by atoms with Crippen LogP contribution in [0.15, 0.2) is 30.3 Å². The lowest BCUT2D eigenvalue weighted by Crippen LogP contribution is -2.33. The van der Waals surface area contributed by atoms with E-state index in [0.29, 0.717) is 12.1 Å². The average molecular weight is 298 g/mol. The van der Waals surface area contributed by atoms with Crippen LogP contribution in [0.3, 0.4) is 0 Å². The number of aromatic nitrogens is 2. The number of nitrogens with one attached hydrogen (secondary N) is 2. The summed E-state index contributed by atoms with van der Waals surface area (Å²) >= 11 is 0. The van der Waals surface area contributed by atoms with Crippen LogP contribution in [0.25, 0.3) is 11.3 Å². The van der Waals surface area contributed by atoms with Gasteiger partial charge in [-0.25, -0.2) is 0 Å². The van der Waals surface area contributed by atoms with Crippen LogP contribution in [0, 0.1) is 6.92 Å². The van der Waals surface area contributed by atoms with Gasteiger partial charge in [-0.1, -0.05) is 30.3 Å². The highest BCUT2D eigenvalue weighted by Gasteiger charge is 2.19. The number of nitrogens with zero attached hydrogens (tertiary/aromatic N) is 2. The number of aryl methyl sites for hydroxylation is 1. The molecule has 1 aliphatic heterocycles. The maximum absolute atomic E-state index is 12.5. The molecular weight excluding hydrogens is 276 g/mol. The molecular formula is C17H22N4O. The number of likely N-dealkylation sites (tertiary alicyclic amines) is 1. The predicted octanol–water partition coefficient (Wildman–Crippen LogP) is 2.21. The molecule has 1 aliphatic rings. The first-order valence-electron chi connectivity index (χ1n) is 7.86. The molecule has 2 aromatic rings. The van der Waals surface area contributed by atoms with Gasteiger partial charge in [0.2, 0.25) is 0 Å². The van der Waals surface area contributed by atoms with Crippen molar-refractivity contribution in [3.63, 3.8) is 0 Å². The van der Waals surface area contributed by atoms with Crippen LogP contribution in [0.4, 0.5) is 0 Å². The molecule has 1 saturated heterocycles. The summed E-state index contributed by atoms with van der Waals surface area (Å²) in [6.07, 6.45) is 2.54. The minimum Gasteiger partial charge on any atom is -0.351 e. The quantitative estimate of drug-likeness (QED) is 0.889. The Kier molecular flexibility index (Phi) is 4.53. The Bertz CT molecular complexity index is 629. The monoisotopic (exact) mass is 298 g/mol. The standard InChI is InChI=1S/C17H22N4O/c1-13-15(16(20-19-13)14-7-3-2-4-8-14)17(22)18-9-12-21-10-5-6-11-21/h2-4,7-8H,5-6,9-12H2,1H3,(H,18,22)(H,19,20). The lowest BCUT2D eigenvalue weighted by molar-refractivity contribution is 0.0950. The van der Waals surface area contributed by atoms with Crippen LogP contribution in [0.2, 0.25) is 0 Å². The molecule has 0 unspecified atom stereocenters. The fourth-order valence-electron chi connectivity index (χ4n) is 2.93. The van der Waals surface area contributed by atoms with E-state index in [1.54, 1.807) is 0 Å². The second-order valence-electron chi connectivity index (χ2n) is 5.74. The fraction of sp³-hybridized carbons (Fsp3) is 0.412. The summed E-state index contributed by atoms with van der Waals surface area (Å²) in [5.74, 6) is -0.0516. The highest BCUT2D eigenvalue weighted by Crippen LogP contribution is 2.23. The van der Waals surface area contributed by atoms with Gasteiger partial charge in [-0.05, 0) is 32.9 Å². The number of H-pyrrole nitrogens is 1. The van der Waals surface area contributed by atoms with Crippen molar-refractivity contribution >= 4 is 5.91 Å². The zero-order valence-electron chi connectivity index (χ0n) is 12.9. The van der Waals surface area contributed by atoms with Crippen molar-refractivity contribution in [1.82, 2.24) is 20.4 Å². The Hall–Kier alpha value is -2.14. The second kappa shape index (κ2) is 6.75. The molecule has 0 saturated carbocycles. The molecule has 1 aromatic heterocycles. The van der Waals surface area contributed by atoms with Gasteiger partial charge in [0.15, 0.2) is 0 Å². The molecule has 2 heterocycles. The Morgan fingerprint density at radius 3 is 2.73 bits per heavy atom. The third-order valence-electron chi connectivity index (χ3n) is 4.13. The zero-order chi connectivity index (χ0) is 15.4. The number of hydrogen-bond acceptors (Lipinski definition) is 3. The molecule has 0 bridgehead atoms. The van der Waals surface area contributed by atoms with Crippen molar-refractivity contribution in [1.29, 1.82) is 0 Å². The summed E-state index contributed by atoms with van der Waals surface area (Å²) in [7, 11) is 0. The summed E-state index contributed by atoms with van der Waals surface area (Å²) < 4.78 is 0. The number of carbonyl (C=O) groups excluding carboxylic acids is 1. The molecule has 1 fully saturated rings. The van der Waals surface area contributed by atoms with Gasteiger partial charge >= 0.3 is 0 Å². The van der Waals surface area contributed by atoms with E-state index in [9.17, 15) is 4.79 Å². The Morgan fingerprint density at radius 1 is 1.27 bits per heavy atom. The minimum atomic E-state index is -0.0516. The average Bonchev–Trinajstić information content (AvgIpc) is 3.17. The normalized spacial score (nSPS) is 15.1.